The molecule has 8 rings (SSSR count). The number of hydrogen-bond donors (Lipinski definition) is 0. The summed E-state index contributed by atoms with van der Waals surface area (Å²) in [6, 6.07) is 38.0. The van der Waals surface area contributed by atoms with Crippen LogP contribution in [0.2, 0.25) is 0 Å². The molecular formula is C30H17N. The highest BCUT2D eigenvalue weighted by Gasteiger charge is 2.21. The smallest absolute Gasteiger partial charge is 0.0626 e. The molecule has 6 aromatic carbocycles. The Labute approximate surface area is 178 Å². The third kappa shape index (κ3) is 1.75. The molecule has 1 heteroatoms. The Morgan fingerprint density at radius 1 is 0.323 bits per heavy atom. The van der Waals surface area contributed by atoms with E-state index >= 15 is 0 Å². The summed E-state index contributed by atoms with van der Waals surface area (Å²) in [5.41, 5.74) is 3.92. The van der Waals surface area contributed by atoms with Gasteiger partial charge in [0, 0.05) is 21.5 Å². The van der Waals surface area contributed by atoms with Gasteiger partial charge in [-0.15, -0.1) is 0 Å². The summed E-state index contributed by atoms with van der Waals surface area (Å²) in [6.07, 6.45) is 0. The minimum atomic E-state index is 1.28. The summed E-state index contributed by atoms with van der Waals surface area (Å²) in [7, 11) is 0. The van der Waals surface area contributed by atoms with Crippen molar-refractivity contribution < 1.29 is 0 Å². The fraction of sp³-hybridized carbons (Fsp3) is 0. The van der Waals surface area contributed by atoms with Gasteiger partial charge in [0.25, 0.3) is 0 Å². The maximum absolute atomic E-state index is 2.48. The van der Waals surface area contributed by atoms with Crippen LogP contribution in [-0.4, -0.2) is 4.40 Å². The van der Waals surface area contributed by atoms with Crippen LogP contribution in [0, 0.1) is 0 Å². The van der Waals surface area contributed by atoms with Crippen LogP contribution in [0.15, 0.2) is 103 Å². The molecule has 0 spiro atoms. The van der Waals surface area contributed by atoms with Gasteiger partial charge in [-0.3, -0.25) is 0 Å². The van der Waals surface area contributed by atoms with Crippen molar-refractivity contribution in [3.63, 3.8) is 0 Å². The maximum atomic E-state index is 2.48. The molecule has 0 aliphatic rings. The summed E-state index contributed by atoms with van der Waals surface area (Å²) in [5.74, 6) is 0. The van der Waals surface area contributed by atoms with E-state index in [-0.39, 0.29) is 0 Å². The van der Waals surface area contributed by atoms with Gasteiger partial charge in [-0.1, -0.05) is 91.0 Å². The molecule has 0 radical (unpaired) electrons. The molecule has 2 heterocycles. The second kappa shape index (κ2) is 5.33. The molecule has 2 aromatic heterocycles. The monoisotopic (exact) mass is 391 g/mol. The van der Waals surface area contributed by atoms with Gasteiger partial charge in [-0.2, -0.15) is 0 Å². The number of fused-ring (bicyclic) bond motifs is 9. The molecule has 142 valence electrons. The van der Waals surface area contributed by atoms with Crippen molar-refractivity contribution in [2.24, 2.45) is 0 Å². The van der Waals surface area contributed by atoms with E-state index in [4.69, 9.17) is 0 Å². The fourth-order valence-electron chi connectivity index (χ4n) is 5.90. The number of para-hydroxylation sites is 1. The first-order valence-electron chi connectivity index (χ1n) is 10.8. The zero-order valence-electron chi connectivity index (χ0n) is 16.8. The van der Waals surface area contributed by atoms with Gasteiger partial charge in [0.2, 0.25) is 0 Å². The van der Waals surface area contributed by atoms with Gasteiger partial charge >= 0.3 is 0 Å². The molecule has 0 bridgehead atoms. The van der Waals surface area contributed by atoms with Crippen molar-refractivity contribution in [1.29, 1.82) is 0 Å². The van der Waals surface area contributed by atoms with Gasteiger partial charge in [0.15, 0.2) is 0 Å². The Hall–Kier alpha value is -4.10. The van der Waals surface area contributed by atoms with Gasteiger partial charge in [-0.05, 0) is 44.5 Å². The zero-order chi connectivity index (χ0) is 20.1. The molecule has 0 atom stereocenters. The first kappa shape index (κ1) is 15.7. The highest BCUT2D eigenvalue weighted by atomic mass is 14.9. The summed E-state index contributed by atoms with van der Waals surface area (Å²) in [4.78, 5) is 0. The zero-order valence-corrected chi connectivity index (χ0v) is 16.8. The fourth-order valence-corrected chi connectivity index (χ4v) is 5.90. The molecule has 0 saturated carbocycles. The van der Waals surface area contributed by atoms with Crippen molar-refractivity contribution in [2.45, 2.75) is 0 Å². The first-order valence-corrected chi connectivity index (χ1v) is 10.8. The highest BCUT2D eigenvalue weighted by Crippen LogP contribution is 2.45. The minimum Gasteiger partial charge on any atom is -0.308 e. The number of benzene rings is 5. The van der Waals surface area contributed by atoms with Crippen LogP contribution in [-0.2, 0) is 0 Å². The average Bonchev–Trinajstić information content (AvgIpc) is 3.35. The Kier molecular flexibility index (Phi) is 2.70. The van der Waals surface area contributed by atoms with Crippen LogP contribution in [0.4, 0.5) is 0 Å². The Morgan fingerprint density at radius 3 is 1.52 bits per heavy atom. The molecule has 0 amide bonds. The number of hydrogen-bond acceptors (Lipinski definition) is 0. The van der Waals surface area contributed by atoms with Crippen LogP contribution in [0.3, 0.4) is 0 Å². The molecule has 31 heavy (non-hydrogen) atoms. The van der Waals surface area contributed by atoms with E-state index in [9.17, 15) is 0 Å². The van der Waals surface area contributed by atoms with Crippen LogP contribution in [0.1, 0.15) is 0 Å². The molecule has 0 N–H and O–H groups in total. The molecule has 0 unspecified atom stereocenters. The van der Waals surface area contributed by atoms with Gasteiger partial charge in [-0.25, -0.2) is 0 Å². The topological polar surface area (TPSA) is 4.41 Å². The third-order valence-electron chi connectivity index (χ3n) is 7.09. The van der Waals surface area contributed by atoms with Crippen molar-refractivity contribution in [3.05, 3.63) is 103 Å². The lowest BCUT2D eigenvalue weighted by Gasteiger charge is -2.09. The highest BCUT2D eigenvalue weighted by molar-refractivity contribution is 6.37. The van der Waals surface area contributed by atoms with Crippen molar-refractivity contribution in [3.8, 4) is 0 Å². The molecule has 8 aromatic rings. The Balaban J connectivity index is 1.90. The predicted octanol–water partition coefficient (Wildman–Crippen LogP) is 8.30. The third-order valence-corrected chi connectivity index (χ3v) is 7.09. The standard InChI is InChI=1S/C30H17N/c1-3-10-20-18(8-1)19-9-2-4-11-21(19)24-16-17-25-22-12-5-6-14-26(22)31-27-15-7-13-23(20)28(27)29(24)30(25)31/h1-17H. The summed E-state index contributed by atoms with van der Waals surface area (Å²) in [5, 5.41) is 13.3. The van der Waals surface area contributed by atoms with Gasteiger partial charge in [0.1, 0.15) is 0 Å². The summed E-state index contributed by atoms with van der Waals surface area (Å²) in [6.45, 7) is 0. The van der Waals surface area contributed by atoms with Crippen molar-refractivity contribution >= 4 is 70.4 Å². The lowest BCUT2D eigenvalue weighted by molar-refractivity contribution is 1.37. The number of nitrogens with zero attached hydrogens (tertiary/aromatic N) is 1. The lowest BCUT2D eigenvalue weighted by atomic mass is 9.94. The SMILES string of the molecule is c1ccc2c(c1)c1ccccc1c1ccc3c4ccccc4n4c5cccc2c5c1c34. The van der Waals surface area contributed by atoms with E-state index in [1.807, 2.05) is 0 Å². The Morgan fingerprint density at radius 2 is 0.806 bits per heavy atom. The summed E-state index contributed by atoms with van der Waals surface area (Å²) >= 11 is 0. The molecule has 0 aliphatic heterocycles. The average molecular weight is 391 g/mol. The summed E-state index contributed by atoms with van der Waals surface area (Å²) < 4.78 is 2.48. The largest absolute Gasteiger partial charge is 0.308 e. The van der Waals surface area contributed by atoms with E-state index in [2.05, 4.69) is 108 Å². The molecule has 0 aliphatic carbocycles. The van der Waals surface area contributed by atoms with Crippen LogP contribution in [0.25, 0.3) is 70.4 Å². The minimum absolute atomic E-state index is 1.28. The van der Waals surface area contributed by atoms with E-state index < -0.39 is 0 Å². The van der Waals surface area contributed by atoms with E-state index in [1.54, 1.807) is 0 Å². The van der Waals surface area contributed by atoms with Crippen LogP contribution in [0.5, 0.6) is 0 Å². The second-order valence-electron chi connectivity index (χ2n) is 8.53. The molecule has 1 nitrogen and oxygen atoms in total. The van der Waals surface area contributed by atoms with E-state index in [0.717, 1.165) is 0 Å². The quantitative estimate of drug-likeness (QED) is 0.245. The van der Waals surface area contributed by atoms with Crippen LogP contribution >= 0.6 is 0 Å². The van der Waals surface area contributed by atoms with Gasteiger partial charge in [0.05, 0.1) is 16.6 Å². The molecule has 0 saturated heterocycles. The second-order valence-corrected chi connectivity index (χ2v) is 8.53. The number of aromatic nitrogens is 1. The predicted molar refractivity (Wildman–Crippen MR) is 134 cm³/mol. The molecule has 0 fully saturated rings. The van der Waals surface area contributed by atoms with Crippen molar-refractivity contribution in [2.75, 3.05) is 0 Å². The Bertz CT molecular complexity index is 1990. The van der Waals surface area contributed by atoms with Crippen LogP contribution < -0.4 is 0 Å². The number of rotatable bonds is 0. The maximum Gasteiger partial charge on any atom is 0.0626 e. The van der Waals surface area contributed by atoms with E-state index in [0.29, 0.717) is 0 Å². The van der Waals surface area contributed by atoms with E-state index in [1.165, 1.54) is 70.4 Å². The first-order chi connectivity index (χ1) is 15.4. The lowest BCUT2D eigenvalue weighted by Crippen LogP contribution is -1.82. The van der Waals surface area contributed by atoms with Crippen molar-refractivity contribution in [1.82, 2.24) is 4.40 Å². The normalized spacial score (nSPS) is 12.5. The molecular weight excluding hydrogens is 374 g/mol. The van der Waals surface area contributed by atoms with Gasteiger partial charge < -0.3 is 4.40 Å².